The largest absolute Gasteiger partial charge is 0.457 e. The molecule has 3 aromatic heterocycles. The maximum atomic E-state index is 13.8. The summed E-state index contributed by atoms with van der Waals surface area (Å²) in [7, 11) is 0. The van der Waals surface area contributed by atoms with E-state index in [4.69, 9.17) is 21.0 Å². The lowest BCUT2D eigenvalue weighted by atomic mass is 9.85. The van der Waals surface area contributed by atoms with Gasteiger partial charge in [-0.2, -0.15) is 0 Å². The first-order valence-electron chi connectivity index (χ1n) is 11.7. The van der Waals surface area contributed by atoms with Crippen molar-refractivity contribution in [2.24, 2.45) is 4.99 Å². The fourth-order valence-electron chi connectivity index (χ4n) is 5.05. The third-order valence-corrected chi connectivity index (χ3v) is 8.87. The number of hydrogen-bond donors (Lipinski definition) is 0. The molecule has 0 saturated heterocycles. The van der Waals surface area contributed by atoms with Gasteiger partial charge in [-0.25, -0.2) is 4.99 Å². The van der Waals surface area contributed by atoms with E-state index in [0.717, 1.165) is 39.5 Å². The van der Waals surface area contributed by atoms with Crippen molar-refractivity contribution in [1.82, 2.24) is 4.57 Å². The van der Waals surface area contributed by atoms with Gasteiger partial charge >= 0.3 is 0 Å². The molecular weight excluding hydrogens is 508 g/mol. The van der Waals surface area contributed by atoms with Crippen LogP contribution in [-0.4, -0.2) is 4.57 Å². The van der Waals surface area contributed by atoms with Crippen LogP contribution in [0.5, 0.6) is 0 Å². The van der Waals surface area contributed by atoms with Gasteiger partial charge < -0.3 is 4.42 Å². The minimum absolute atomic E-state index is 0.0352. The quantitative estimate of drug-likeness (QED) is 0.277. The highest BCUT2D eigenvalue weighted by Gasteiger charge is 2.33. The van der Waals surface area contributed by atoms with Crippen molar-refractivity contribution in [2.75, 3.05) is 0 Å². The first-order chi connectivity index (χ1) is 17.7. The molecule has 7 heteroatoms. The van der Waals surface area contributed by atoms with Crippen LogP contribution in [0.4, 0.5) is 0 Å². The van der Waals surface area contributed by atoms with Crippen LogP contribution in [0.1, 0.15) is 34.2 Å². The number of furan rings is 1. The number of aryl methyl sites for hydroxylation is 1. The molecule has 0 amide bonds. The molecule has 1 aliphatic heterocycles. The third-order valence-electron chi connectivity index (χ3n) is 6.71. The SMILES string of the molecule is O=c1/c(=C\c2ccc(-c3ccc(Cl)cc3)o2)sc2n1[C@H](c1cccs1)C1=C(N=2)c2ccccc2CC1. The molecule has 176 valence electrons. The van der Waals surface area contributed by atoms with E-state index in [0.29, 0.717) is 15.3 Å². The monoisotopic (exact) mass is 526 g/mol. The molecule has 0 unspecified atom stereocenters. The number of nitrogens with zero attached hydrogens (tertiary/aromatic N) is 2. The number of fused-ring (bicyclic) bond motifs is 3. The number of aromatic nitrogens is 1. The van der Waals surface area contributed by atoms with Gasteiger partial charge in [0.05, 0.1) is 16.3 Å². The highest BCUT2D eigenvalue weighted by Crippen LogP contribution is 2.42. The third kappa shape index (κ3) is 3.56. The van der Waals surface area contributed by atoms with Crippen LogP contribution in [0.15, 0.2) is 98.0 Å². The van der Waals surface area contributed by atoms with Crippen LogP contribution in [0.2, 0.25) is 5.02 Å². The molecule has 4 heterocycles. The molecule has 36 heavy (non-hydrogen) atoms. The van der Waals surface area contributed by atoms with E-state index >= 15 is 0 Å². The Kier molecular flexibility index (Phi) is 5.20. The maximum absolute atomic E-state index is 13.8. The molecule has 7 rings (SSSR count). The van der Waals surface area contributed by atoms with E-state index < -0.39 is 0 Å². The van der Waals surface area contributed by atoms with E-state index in [1.807, 2.05) is 53.1 Å². The fourth-order valence-corrected chi connectivity index (χ4v) is 7.00. The average Bonchev–Trinajstić information content (AvgIpc) is 3.65. The zero-order chi connectivity index (χ0) is 24.2. The molecule has 1 atom stereocenters. The zero-order valence-corrected chi connectivity index (χ0v) is 21.4. The zero-order valence-electron chi connectivity index (χ0n) is 19.0. The second-order valence-electron chi connectivity index (χ2n) is 8.84. The highest BCUT2D eigenvalue weighted by atomic mass is 35.5. The van der Waals surface area contributed by atoms with Crippen molar-refractivity contribution in [1.29, 1.82) is 0 Å². The minimum Gasteiger partial charge on any atom is -0.457 e. The Labute approximate surface area is 219 Å². The predicted molar refractivity (Wildman–Crippen MR) is 146 cm³/mol. The second-order valence-corrected chi connectivity index (χ2v) is 11.3. The topological polar surface area (TPSA) is 47.5 Å². The highest BCUT2D eigenvalue weighted by molar-refractivity contribution is 7.10. The number of allylic oxidation sites excluding steroid dienone is 1. The van der Waals surface area contributed by atoms with E-state index in [-0.39, 0.29) is 11.6 Å². The Morgan fingerprint density at radius 2 is 1.86 bits per heavy atom. The summed E-state index contributed by atoms with van der Waals surface area (Å²) < 4.78 is 8.55. The lowest BCUT2D eigenvalue weighted by molar-refractivity contribution is 0.571. The lowest BCUT2D eigenvalue weighted by Gasteiger charge is -2.30. The van der Waals surface area contributed by atoms with Gasteiger partial charge in [0.25, 0.3) is 5.56 Å². The van der Waals surface area contributed by atoms with Crippen molar-refractivity contribution in [3.8, 4) is 11.3 Å². The molecule has 0 fully saturated rings. The van der Waals surface area contributed by atoms with Crippen LogP contribution in [0, 0.1) is 0 Å². The van der Waals surface area contributed by atoms with Gasteiger partial charge in [-0.15, -0.1) is 11.3 Å². The summed E-state index contributed by atoms with van der Waals surface area (Å²) in [6, 6.07) is 23.8. The Bertz CT molecular complexity index is 1820. The Morgan fingerprint density at radius 1 is 1.00 bits per heavy atom. The Hall–Kier alpha value is -3.45. The average molecular weight is 527 g/mol. The number of hydrogen-bond acceptors (Lipinski definition) is 5. The van der Waals surface area contributed by atoms with Gasteiger partial charge in [0, 0.05) is 27.1 Å². The van der Waals surface area contributed by atoms with Crippen molar-refractivity contribution in [3.05, 3.63) is 130 Å². The number of halogens is 1. The molecule has 2 aliphatic rings. The molecule has 0 saturated carbocycles. The molecule has 1 aliphatic carbocycles. The summed E-state index contributed by atoms with van der Waals surface area (Å²) in [5.74, 6) is 1.36. The van der Waals surface area contributed by atoms with E-state index in [1.165, 1.54) is 28.0 Å². The van der Waals surface area contributed by atoms with Crippen LogP contribution >= 0.6 is 34.3 Å². The standard InChI is InChI=1S/C29H19ClN2O2S2/c30-19-10-7-18(8-11-19)23-14-12-20(34-23)16-25-28(33)32-27(24-6-3-15-35-24)22-13-9-17-4-1-2-5-21(17)26(22)31-29(32)36-25/h1-8,10-12,14-16,27H,9,13H2/b25-16+/t27-/m0/s1. The molecule has 0 radical (unpaired) electrons. The van der Waals surface area contributed by atoms with Gasteiger partial charge in [-0.3, -0.25) is 9.36 Å². The van der Waals surface area contributed by atoms with Crippen LogP contribution in [0.3, 0.4) is 0 Å². The van der Waals surface area contributed by atoms with Crippen molar-refractivity contribution >= 4 is 46.0 Å². The first kappa shape index (κ1) is 21.8. The molecule has 0 bridgehead atoms. The summed E-state index contributed by atoms with van der Waals surface area (Å²) in [6.45, 7) is 0. The summed E-state index contributed by atoms with van der Waals surface area (Å²) in [4.78, 5) is 20.7. The van der Waals surface area contributed by atoms with Gasteiger partial charge in [-0.05, 0) is 71.8 Å². The van der Waals surface area contributed by atoms with Gasteiger partial charge in [0.15, 0.2) is 4.80 Å². The Balaban J connectivity index is 1.39. The molecule has 0 N–H and O–H groups in total. The van der Waals surface area contributed by atoms with Crippen molar-refractivity contribution in [3.63, 3.8) is 0 Å². The molecule has 5 aromatic rings. The number of thiophene rings is 1. The van der Waals surface area contributed by atoms with E-state index in [9.17, 15) is 4.79 Å². The first-order valence-corrected chi connectivity index (χ1v) is 13.8. The van der Waals surface area contributed by atoms with Gasteiger partial charge in [0.2, 0.25) is 0 Å². The van der Waals surface area contributed by atoms with Crippen LogP contribution in [0.25, 0.3) is 23.1 Å². The molecular formula is C29H19ClN2O2S2. The van der Waals surface area contributed by atoms with Crippen molar-refractivity contribution in [2.45, 2.75) is 18.9 Å². The smallest absolute Gasteiger partial charge is 0.271 e. The molecule has 0 spiro atoms. The summed E-state index contributed by atoms with van der Waals surface area (Å²) in [5.41, 5.74) is 5.63. The molecule has 4 nitrogen and oxygen atoms in total. The van der Waals surface area contributed by atoms with Crippen molar-refractivity contribution < 1.29 is 4.42 Å². The number of benzene rings is 2. The van der Waals surface area contributed by atoms with Crippen LogP contribution in [-0.2, 0) is 6.42 Å². The fraction of sp³-hybridized carbons (Fsp3) is 0.103. The number of rotatable bonds is 3. The summed E-state index contributed by atoms with van der Waals surface area (Å²) in [5, 5.41) is 2.75. The van der Waals surface area contributed by atoms with Crippen LogP contribution < -0.4 is 14.9 Å². The molecule has 2 aromatic carbocycles. The van der Waals surface area contributed by atoms with Gasteiger partial charge in [0.1, 0.15) is 11.5 Å². The maximum Gasteiger partial charge on any atom is 0.271 e. The minimum atomic E-state index is -0.131. The second kappa shape index (κ2) is 8.59. The van der Waals surface area contributed by atoms with E-state index in [1.54, 1.807) is 11.3 Å². The summed E-state index contributed by atoms with van der Waals surface area (Å²) >= 11 is 9.12. The Morgan fingerprint density at radius 3 is 2.69 bits per heavy atom. The lowest BCUT2D eigenvalue weighted by Crippen LogP contribution is -2.38. The normalized spacial score (nSPS) is 16.9. The van der Waals surface area contributed by atoms with Gasteiger partial charge in [-0.1, -0.05) is 53.3 Å². The summed E-state index contributed by atoms with van der Waals surface area (Å²) in [6.07, 6.45) is 3.67. The predicted octanol–water partition coefficient (Wildman–Crippen LogP) is 6.29. The number of thiazole rings is 1. The van der Waals surface area contributed by atoms with E-state index in [2.05, 4.69) is 35.7 Å².